The smallest absolute Gasteiger partial charge is 0.311 e. The molecule has 0 bridgehead atoms. The topological polar surface area (TPSA) is 83.8 Å². The number of aliphatic carboxylic acids is 2. The Morgan fingerprint density at radius 2 is 2.06 bits per heavy atom. The summed E-state index contributed by atoms with van der Waals surface area (Å²) in [6, 6.07) is 4.41. The van der Waals surface area contributed by atoms with Gasteiger partial charge in [-0.05, 0) is 17.7 Å². The van der Waals surface area contributed by atoms with E-state index in [1.54, 1.807) is 0 Å². The Morgan fingerprint density at radius 1 is 1.41 bits per heavy atom. The predicted molar refractivity (Wildman–Crippen MR) is 60.6 cm³/mol. The maximum atomic E-state index is 11.0. The van der Waals surface area contributed by atoms with Gasteiger partial charge in [-0.2, -0.15) is 0 Å². The predicted octanol–water partition coefficient (Wildman–Crippen LogP) is 1.99. The van der Waals surface area contributed by atoms with Crippen molar-refractivity contribution in [3.63, 3.8) is 0 Å². The summed E-state index contributed by atoms with van der Waals surface area (Å²) in [5.74, 6) is -3.08. The van der Waals surface area contributed by atoms with Gasteiger partial charge in [-0.15, -0.1) is 0 Å². The second kappa shape index (κ2) is 5.54. The van der Waals surface area contributed by atoms with Gasteiger partial charge in [0.15, 0.2) is 0 Å². The lowest BCUT2D eigenvalue weighted by Gasteiger charge is -2.12. The molecule has 0 saturated carbocycles. The highest BCUT2D eigenvalue weighted by molar-refractivity contribution is 6.32. The summed E-state index contributed by atoms with van der Waals surface area (Å²) in [6.07, 6.45) is -0.488. The Hall–Kier alpha value is -1.75. The van der Waals surface area contributed by atoms with Crippen molar-refractivity contribution in [2.24, 2.45) is 0 Å². The molecule has 1 unspecified atom stereocenters. The first-order chi connectivity index (χ1) is 7.95. The van der Waals surface area contributed by atoms with E-state index >= 15 is 0 Å². The molecule has 5 nitrogen and oxygen atoms in total. The molecule has 0 aliphatic rings. The van der Waals surface area contributed by atoms with E-state index in [1.165, 1.54) is 25.3 Å². The Bertz CT molecular complexity index is 443. The highest BCUT2D eigenvalue weighted by Gasteiger charge is 2.23. The van der Waals surface area contributed by atoms with Crippen molar-refractivity contribution in [2.75, 3.05) is 7.11 Å². The molecule has 0 aliphatic carbocycles. The Kier molecular flexibility index (Phi) is 4.34. The van der Waals surface area contributed by atoms with Gasteiger partial charge in [-0.25, -0.2) is 0 Å². The van der Waals surface area contributed by atoms with Crippen molar-refractivity contribution in [1.29, 1.82) is 0 Å². The van der Waals surface area contributed by atoms with Crippen LogP contribution in [0.1, 0.15) is 17.9 Å². The molecule has 92 valence electrons. The molecule has 1 atom stereocenters. The average Bonchev–Trinajstić information content (AvgIpc) is 2.25. The van der Waals surface area contributed by atoms with E-state index in [9.17, 15) is 9.59 Å². The van der Waals surface area contributed by atoms with Crippen LogP contribution in [0.3, 0.4) is 0 Å². The fraction of sp³-hybridized carbons (Fsp3) is 0.273. The first kappa shape index (κ1) is 13.3. The Morgan fingerprint density at radius 3 is 2.47 bits per heavy atom. The average molecular weight is 259 g/mol. The van der Waals surface area contributed by atoms with Crippen LogP contribution in [0.2, 0.25) is 5.02 Å². The number of hydrogen-bond donors (Lipinski definition) is 2. The normalized spacial score (nSPS) is 11.9. The van der Waals surface area contributed by atoms with Crippen LogP contribution in [-0.2, 0) is 9.59 Å². The fourth-order valence-corrected chi connectivity index (χ4v) is 1.69. The van der Waals surface area contributed by atoms with Gasteiger partial charge in [0.1, 0.15) is 5.75 Å². The van der Waals surface area contributed by atoms with Crippen LogP contribution >= 0.6 is 11.6 Å². The van der Waals surface area contributed by atoms with Crippen molar-refractivity contribution < 1.29 is 24.5 Å². The minimum Gasteiger partial charge on any atom is -0.495 e. The largest absolute Gasteiger partial charge is 0.495 e. The van der Waals surface area contributed by atoms with Gasteiger partial charge in [0.05, 0.1) is 24.5 Å². The molecular formula is C11H11ClO5. The number of ether oxygens (including phenoxy) is 1. The SMILES string of the molecule is COc1ccc(C(CC(=O)O)C(=O)O)cc1Cl. The summed E-state index contributed by atoms with van der Waals surface area (Å²) in [5, 5.41) is 17.8. The van der Waals surface area contributed by atoms with Crippen molar-refractivity contribution >= 4 is 23.5 Å². The molecule has 0 radical (unpaired) electrons. The van der Waals surface area contributed by atoms with Crippen molar-refractivity contribution in [3.05, 3.63) is 28.8 Å². The van der Waals surface area contributed by atoms with Gasteiger partial charge in [-0.3, -0.25) is 9.59 Å². The van der Waals surface area contributed by atoms with Crippen LogP contribution in [0.4, 0.5) is 0 Å². The maximum absolute atomic E-state index is 11.0. The number of halogens is 1. The summed E-state index contributed by atoms with van der Waals surface area (Å²) >= 11 is 5.85. The molecule has 1 aromatic carbocycles. The van der Waals surface area contributed by atoms with Gasteiger partial charge in [0, 0.05) is 0 Å². The lowest BCUT2D eigenvalue weighted by molar-refractivity contribution is -0.145. The minimum atomic E-state index is -1.20. The third-order valence-corrected chi connectivity index (χ3v) is 2.55. The van der Waals surface area contributed by atoms with Crippen LogP contribution in [0, 0.1) is 0 Å². The van der Waals surface area contributed by atoms with Gasteiger partial charge in [0.2, 0.25) is 0 Å². The van der Waals surface area contributed by atoms with Gasteiger partial charge >= 0.3 is 11.9 Å². The molecule has 0 fully saturated rings. The molecule has 0 heterocycles. The summed E-state index contributed by atoms with van der Waals surface area (Å²) < 4.78 is 4.93. The van der Waals surface area contributed by atoms with Crippen LogP contribution < -0.4 is 4.74 Å². The Labute approximate surface area is 103 Å². The van der Waals surface area contributed by atoms with E-state index in [2.05, 4.69) is 0 Å². The van der Waals surface area contributed by atoms with Gasteiger partial charge in [-0.1, -0.05) is 17.7 Å². The van der Waals surface area contributed by atoms with Crippen molar-refractivity contribution in [1.82, 2.24) is 0 Å². The molecule has 1 aromatic rings. The number of rotatable bonds is 5. The lowest BCUT2D eigenvalue weighted by atomic mass is 9.96. The van der Waals surface area contributed by atoms with Crippen molar-refractivity contribution in [2.45, 2.75) is 12.3 Å². The molecule has 17 heavy (non-hydrogen) atoms. The molecule has 2 N–H and O–H groups in total. The highest BCUT2D eigenvalue weighted by Crippen LogP contribution is 2.29. The monoisotopic (exact) mass is 258 g/mol. The van der Waals surface area contributed by atoms with Crippen molar-refractivity contribution in [3.8, 4) is 5.75 Å². The Balaban J connectivity index is 3.06. The summed E-state index contributed by atoms with van der Waals surface area (Å²) in [5.41, 5.74) is 0.339. The van der Waals surface area contributed by atoms with E-state index in [-0.39, 0.29) is 5.02 Å². The quantitative estimate of drug-likeness (QED) is 0.844. The highest BCUT2D eigenvalue weighted by atomic mass is 35.5. The van der Waals surface area contributed by atoms with Crippen LogP contribution in [0.5, 0.6) is 5.75 Å². The van der Waals surface area contributed by atoms with Crippen LogP contribution in [0.25, 0.3) is 0 Å². The number of hydrogen-bond acceptors (Lipinski definition) is 3. The first-order valence-corrected chi connectivity index (χ1v) is 5.11. The van der Waals surface area contributed by atoms with E-state index in [4.69, 9.17) is 26.6 Å². The summed E-state index contributed by atoms with van der Waals surface area (Å²) in [7, 11) is 1.44. The zero-order chi connectivity index (χ0) is 13.0. The van der Waals surface area contributed by atoms with Crippen LogP contribution in [0.15, 0.2) is 18.2 Å². The summed E-state index contributed by atoms with van der Waals surface area (Å²) in [4.78, 5) is 21.5. The molecule has 0 aliphatic heterocycles. The van der Waals surface area contributed by atoms with E-state index in [0.29, 0.717) is 11.3 Å². The number of carbonyl (C=O) groups is 2. The molecule has 1 rings (SSSR count). The van der Waals surface area contributed by atoms with E-state index < -0.39 is 24.3 Å². The zero-order valence-corrected chi connectivity index (χ0v) is 9.77. The number of carboxylic acid groups (broad SMARTS) is 2. The number of methoxy groups -OCH3 is 1. The molecular weight excluding hydrogens is 248 g/mol. The molecule has 6 heteroatoms. The third-order valence-electron chi connectivity index (χ3n) is 2.26. The molecule has 0 saturated heterocycles. The fourth-order valence-electron chi connectivity index (χ4n) is 1.42. The summed E-state index contributed by atoms with van der Waals surface area (Å²) in [6.45, 7) is 0. The second-order valence-electron chi connectivity index (χ2n) is 3.38. The van der Waals surface area contributed by atoms with Gasteiger partial charge in [0.25, 0.3) is 0 Å². The molecule has 0 spiro atoms. The molecule has 0 amide bonds. The number of carboxylic acids is 2. The minimum absolute atomic E-state index is 0.252. The third kappa shape index (κ3) is 3.35. The first-order valence-electron chi connectivity index (χ1n) is 4.73. The van der Waals surface area contributed by atoms with E-state index in [1.807, 2.05) is 0 Å². The molecule has 0 aromatic heterocycles. The lowest BCUT2D eigenvalue weighted by Crippen LogP contribution is -2.15. The van der Waals surface area contributed by atoms with Gasteiger partial charge < -0.3 is 14.9 Å². The number of benzene rings is 1. The van der Waals surface area contributed by atoms with Crippen LogP contribution in [-0.4, -0.2) is 29.3 Å². The van der Waals surface area contributed by atoms with E-state index in [0.717, 1.165) is 0 Å². The maximum Gasteiger partial charge on any atom is 0.311 e. The zero-order valence-electron chi connectivity index (χ0n) is 9.01. The second-order valence-corrected chi connectivity index (χ2v) is 3.79. The standard InChI is InChI=1S/C11H11ClO5/c1-17-9-3-2-6(4-8(9)12)7(11(15)16)5-10(13)14/h2-4,7H,5H2,1H3,(H,13,14)(H,15,16).